The van der Waals surface area contributed by atoms with Gasteiger partial charge >= 0.3 is 0 Å². The maximum atomic E-state index is 5.60. The maximum absolute atomic E-state index is 5.60. The lowest BCUT2D eigenvalue weighted by Crippen LogP contribution is -2.49. The highest BCUT2D eigenvalue weighted by Gasteiger charge is 2.21. The molecule has 17 heavy (non-hydrogen) atoms. The van der Waals surface area contributed by atoms with Gasteiger partial charge in [-0.25, -0.2) is 10.8 Å². The number of nitrogens with zero attached hydrogens (tertiary/aromatic N) is 2. The molecular weight excluding hydrogens is 220 g/mol. The fourth-order valence-corrected chi connectivity index (χ4v) is 1.95. The van der Waals surface area contributed by atoms with Gasteiger partial charge in [0.2, 0.25) is 5.96 Å². The van der Waals surface area contributed by atoms with Crippen LogP contribution in [0.3, 0.4) is 0 Å². The second kappa shape index (κ2) is 8.27. The van der Waals surface area contributed by atoms with E-state index in [1.807, 2.05) is 6.92 Å². The summed E-state index contributed by atoms with van der Waals surface area (Å²) in [7, 11) is 1.67. The molecule has 1 aliphatic rings. The zero-order chi connectivity index (χ0) is 12.5. The summed E-state index contributed by atoms with van der Waals surface area (Å²) >= 11 is 0. The molecule has 1 aliphatic heterocycles. The summed E-state index contributed by atoms with van der Waals surface area (Å²) in [6, 6.07) is 0. The van der Waals surface area contributed by atoms with Gasteiger partial charge in [0.15, 0.2) is 0 Å². The summed E-state index contributed by atoms with van der Waals surface area (Å²) < 4.78 is 10.6. The van der Waals surface area contributed by atoms with Crippen molar-refractivity contribution < 1.29 is 9.47 Å². The Morgan fingerprint density at radius 3 is 2.71 bits per heavy atom. The zero-order valence-corrected chi connectivity index (χ0v) is 10.8. The molecule has 6 heteroatoms. The molecule has 0 aromatic carbocycles. The molecule has 0 spiro atoms. The Balaban J connectivity index is 2.36. The first-order chi connectivity index (χ1) is 8.31. The molecule has 1 heterocycles. The van der Waals surface area contributed by atoms with Gasteiger partial charge in [-0.2, -0.15) is 0 Å². The molecule has 1 rings (SSSR count). The van der Waals surface area contributed by atoms with Crippen molar-refractivity contribution in [3.05, 3.63) is 0 Å². The Bertz CT molecular complexity index is 228. The number of nitrogens with two attached hydrogens (primary N) is 1. The second-order valence-electron chi connectivity index (χ2n) is 3.98. The molecule has 0 unspecified atom stereocenters. The fraction of sp³-hybridized carbons (Fsp3) is 0.909. The van der Waals surface area contributed by atoms with Gasteiger partial charge in [0.1, 0.15) is 0 Å². The normalized spacial score (nSPS) is 18.5. The van der Waals surface area contributed by atoms with Crippen molar-refractivity contribution in [1.29, 1.82) is 0 Å². The number of hydrazine groups is 1. The molecule has 1 fully saturated rings. The van der Waals surface area contributed by atoms with Gasteiger partial charge in [-0.15, -0.1) is 0 Å². The van der Waals surface area contributed by atoms with Crippen LogP contribution in [0.4, 0.5) is 0 Å². The lowest BCUT2D eigenvalue weighted by Gasteiger charge is -2.33. The summed E-state index contributed by atoms with van der Waals surface area (Å²) in [6.45, 7) is 5.92. The van der Waals surface area contributed by atoms with Gasteiger partial charge in [0, 0.05) is 26.8 Å². The van der Waals surface area contributed by atoms with Gasteiger partial charge in [-0.1, -0.05) is 0 Å². The molecule has 0 amide bonds. The fourth-order valence-electron chi connectivity index (χ4n) is 1.95. The molecule has 100 valence electrons. The highest BCUT2D eigenvalue weighted by molar-refractivity contribution is 5.79. The van der Waals surface area contributed by atoms with Gasteiger partial charge in [0.25, 0.3) is 0 Å². The molecule has 0 atom stereocenters. The number of hydrogen-bond donors (Lipinski definition) is 2. The molecule has 0 saturated carbocycles. The molecule has 0 radical (unpaired) electrons. The monoisotopic (exact) mass is 244 g/mol. The number of aliphatic imine (C=N–C) groups is 1. The van der Waals surface area contributed by atoms with Crippen LogP contribution in [0.15, 0.2) is 4.99 Å². The molecule has 3 N–H and O–H groups in total. The standard InChI is InChI=1S/C11H24N4O2/c1-3-17-10-4-7-15(8-5-10)11(14-12)13-6-9-16-2/h10H,3-9,12H2,1-2H3,(H,13,14). The van der Waals surface area contributed by atoms with Crippen LogP contribution < -0.4 is 11.3 Å². The van der Waals surface area contributed by atoms with Crippen LogP contribution in [0.5, 0.6) is 0 Å². The van der Waals surface area contributed by atoms with E-state index in [1.54, 1.807) is 7.11 Å². The number of methoxy groups -OCH3 is 1. The van der Waals surface area contributed by atoms with E-state index in [9.17, 15) is 0 Å². The van der Waals surface area contributed by atoms with Crippen LogP contribution in [-0.2, 0) is 9.47 Å². The molecular formula is C11H24N4O2. The third-order valence-corrected chi connectivity index (χ3v) is 2.83. The zero-order valence-electron chi connectivity index (χ0n) is 10.8. The lowest BCUT2D eigenvalue weighted by atomic mass is 10.1. The number of likely N-dealkylation sites (tertiary alicyclic amines) is 1. The van der Waals surface area contributed by atoms with Crippen molar-refractivity contribution >= 4 is 5.96 Å². The topological polar surface area (TPSA) is 72.1 Å². The molecule has 6 nitrogen and oxygen atoms in total. The third-order valence-electron chi connectivity index (χ3n) is 2.83. The van der Waals surface area contributed by atoms with Crippen molar-refractivity contribution in [2.75, 3.05) is 40.0 Å². The first-order valence-corrected chi connectivity index (χ1v) is 6.18. The summed E-state index contributed by atoms with van der Waals surface area (Å²) in [5, 5.41) is 0. The largest absolute Gasteiger partial charge is 0.383 e. The summed E-state index contributed by atoms with van der Waals surface area (Å²) in [4.78, 5) is 6.53. The Morgan fingerprint density at radius 2 is 2.18 bits per heavy atom. The van der Waals surface area contributed by atoms with E-state index >= 15 is 0 Å². The predicted octanol–water partition coefficient (Wildman–Crippen LogP) is -0.0470. The van der Waals surface area contributed by atoms with E-state index in [0.717, 1.165) is 38.5 Å². The van der Waals surface area contributed by atoms with E-state index < -0.39 is 0 Å². The number of guanidine groups is 1. The van der Waals surface area contributed by atoms with Crippen LogP contribution in [-0.4, -0.2) is 56.9 Å². The van der Waals surface area contributed by atoms with Crippen LogP contribution in [0.2, 0.25) is 0 Å². The number of nitrogens with one attached hydrogen (secondary N) is 1. The number of ether oxygens (including phenoxy) is 2. The van der Waals surface area contributed by atoms with E-state index in [2.05, 4.69) is 15.3 Å². The van der Waals surface area contributed by atoms with Crippen LogP contribution in [0.25, 0.3) is 0 Å². The van der Waals surface area contributed by atoms with Crippen LogP contribution in [0, 0.1) is 0 Å². The van der Waals surface area contributed by atoms with Gasteiger partial charge in [-0.3, -0.25) is 5.43 Å². The number of piperidine rings is 1. The third kappa shape index (κ3) is 4.89. The van der Waals surface area contributed by atoms with Crippen molar-refractivity contribution in [1.82, 2.24) is 10.3 Å². The Kier molecular flexibility index (Phi) is 6.91. The smallest absolute Gasteiger partial charge is 0.208 e. The highest BCUT2D eigenvalue weighted by Crippen LogP contribution is 2.13. The number of rotatable bonds is 5. The highest BCUT2D eigenvalue weighted by atomic mass is 16.5. The SMILES string of the molecule is CCOC1CCN(C(=NCCOC)NN)CC1. The Morgan fingerprint density at radius 1 is 1.47 bits per heavy atom. The van der Waals surface area contributed by atoms with E-state index in [-0.39, 0.29) is 0 Å². The van der Waals surface area contributed by atoms with Crippen molar-refractivity contribution in [3.8, 4) is 0 Å². The molecule has 0 aromatic heterocycles. The first-order valence-electron chi connectivity index (χ1n) is 6.18. The van der Waals surface area contributed by atoms with Crippen LogP contribution in [0.1, 0.15) is 19.8 Å². The minimum atomic E-state index is 0.384. The average molecular weight is 244 g/mol. The minimum absolute atomic E-state index is 0.384. The first kappa shape index (κ1) is 14.2. The van der Waals surface area contributed by atoms with Crippen molar-refractivity contribution in [2.24, 2.45) is 10.8 Å². The van der Waals surface area contributed by atoms with Gasteiger partial charge in [-0.05, 0) is 19.8 Å². The summed E-state index contributed by atoms with van der Waals surface area (Å²) in [5.41, 5.74) is 2.66. The van der Waals surface area contributed by atoms with Crippen molar-refractivity contribution in [3.63, 3.8) is 0 Å². The van der Waals surface area contributed by atoms with Gasteiger partial charge in [0.05, 0.1) is 19.3 Å². The average Bonchev–Trinajstić information content (AvgIpc) is 2.36. The minimum Gasteiger partial charge on any atom is -0.383 e. The van der Waals surface area contributed by atoms with Gasteiger partial charge < -0.3 is 14.4 Å². The predicted molar refractivity (Wildman–Crippen MR) is 67.7 cm³/mol. The van der Waals surface area contributed by atoms with E-state index in [0.29, 0.717) is 19.3 Å². The van der Waals surface area contributed by atoms with E-state index in [4.69, 9.17) is 15.3 Å². The summed E-state index contributed by atoms with van der Waals surface area (Å²) in [5.74, 6) is 6.23. The Hall–Kier alpha value is -0.850. The summed E-state index contributed by atoms with van der Waals surface area (Å²) in [6.07, 6.45) is 2.44. The molecule has 1 saturated heterocycles. The maximum Gasteiger partial charge on any atom is 0.208 e. The number of hydrogen-bond acceptors (Lipinski definition) is 4. The second-order valence-corrected chi connectivity index (χ2v) is 3.98. The lowest BCUT2D eigenvalue weighted by molar-refractivity contribution is 0.0263. The quantitative estimate of drug-likeness (QED) is 0.233. The molecule has 0 aliphatic carbocycles. The van der Waals surface area contributed by atoms with Crippen molar-refractivity contribution in [2.45, 2.75) is 25.9 Å². The molecule has 0 bridgehead atoms. The van der Waals surface area contributed by atoms with E-state index in [1.165, 1.54) is 0 Å². The van der Waals surface area contributed by atoms with Crippen LogP contribution >= 0.6 is 0 Å². The molecule has 0 aromatic rings. The Labute approximate surface area is 103 Å².